The maximum Gasteiger partial charge on any atom is 0.317 e. The molecule has 1 aromatic carbocycles. The zero-order chi connectivity index (χ0) is 17.6. The number of aromatic nitrogens is 1. The van der Waals surface area contributed by atoms with Crippen LogP contribution in [0, 0.1) is 0 Å². The van der Waals surface area contributed by atoms with E-state index in [1.807, 2.05) is 25.4 Å². The topological polar surface area (TPSA) is 51.4 Å². The van der Waals surface area contributed by atoms with Crippen molar-refractivity contribution in [3.8, 4) is 0 Å². The van der Waals surface area contributed by atoms with E-state index in [1.165, 1.54) is 30.2 Å². The van der Waals surface area contributed by atoms with E-state index in [0.29, 0.717) is 12.6 Å². The fourth-order valence-corrected chi connectivity index (χ4v) is 3.65. The number of hydrogen-bond acceptors (Lipinski definition) is 2. The van der Waals surface area contributed by atoms with E-state index < -0.39 is 0 Å². The fourth-order valence-electron chi connectivity index (χ4n) is 3.65. The van der Waals surface area contributed by atoms with Gasteiger partial charge in [-0.25, -0.2) is 4.79 Å². The lowest BCUT2D eigenvalue weighted by Crippen LogP contribution is -2.45. The smallest absolute Gasteiger partial charge is 0.317 e. The molecule has 0 spiro atoms. The molecule has 1 atom stereocenters. The number of H-pyrrole nitrogens is 1. The Bertz CT molecular complexity index is 696. The van der Waals surface area contributed by atoms with Crippen LogP contribution < -0.4 is 5.32 Å². The number of carbonyl (C=O) groups excluding carboxylic acids is 1. The van der Waals surface area contributed by atoms with Gasteiger partial charge in [-0.3, -0.25) is 4.90 Å². The van der Waals surface area contributed by atoms with Gasteiger partial charge in [0.2, 0.25) is 0 Å². The number of para-hydroxylation sites is 1. The summed E-state index contributed by atoms with van der Waals surface area (Å²) in [7, 11) is 1.88. The minimum Gasteiger partial charge on any atom is -0.361 e. The van der Waals surface area contributed by atoms with Crippen LogP contribution in [0.5, 0.6) is 0 Å². The van der Waals surface area contributed by atoms with Gasteiger partial charge in [0.15, 0.2) is 0 Å². The number of nitrogens with zero attached hydrogens (tertiary/aromatic N) is 2. The Balaban J connectivity index is 1.41. The molecule has 5 heteroatoms. The highest BCUT2D eigenvalue weighted by Crippen LogP contribution is 2.18. The van der Waals surface area contributed by atoms with Crippen molar-refractivity contribution in [2.75, 3.05) is 33.2 Å². The third-order valence-corrected chi connectivity index (χ3v) is 5.36. The molecule has 1 fully saturated rings. The Morgan fingerprint density at radius 2 is 2.20 bits per heavy atom. The summed E-state index contributed by atoms with van der Waals surface area (Å²) < 4.78 is 0. The van der Waals surface area contributed by atoms with Crippen LogP contribution in [0.2, 0.25) is 0 Å². The van der Waals surface area contributed by atoms with Gasteiger partial charge in [0.1, 0.15) is 0 Å². The van der Waals surface area contributed by atoms with Crippen molar-refractivity contribution in [1.82, 2.24) is 20.1 Å². The Morgan fingerprint density at radius 1 is 1.36 bits per heavy atom. The number of benzene rings is 1. The van der Waals surface area contributed by atoms with Crippen LogP contribution in [0.25, 0.3) is 10.9 Å². The van der Waals surface area contributed by atoms with Gasteiger partial charge >= 0.3 is 6.03 Å². The quantitative estimate of drug-likeness (QED) is 0.847. The van der Waals surface area contributed by atoms with Crippen LogP contribution in [-0.4, -0.2) is 60.1 Å². The summed E-state index contributed by atoms with van der Waals surface area (Å²) in [6.45, 7) is 5.86. The zero-order valence-corrected chi connectivity index (χ0v) is 15.4. The predicted octanol–water partition coefficient (Wildman–Crippen LogP) is 3.23. The second-order valence-corrected chi connectivity index (χ2v) is 7.14. The van der Waals surface area contributed by atoms with E-state index in [0.717, 1.165) is 31.6 Å². The van der Waals surface area contributed by atoms with Crippen LogP contribution in [0.1, 0.15) is 31.7 Å². The number of carbonyl (C=O) groups is 1. The van der Waals surface area contributed by atoms with E-state index in [9.17, 15) is 4.79 Å². The molecular formula is C20H30N4O. The summed E-state index contributed by atoms with van der Waals surface area (Å²) in [5.74, 6) is 0. The predicted molar refractivity (Wildman–Crippen MR) is 103 cm³/mol. The van der Waals surface area contributed by atoms with Crippen LogP contribution in [0.4, 0.5) is 4.79 Å². The third-order valence-electron chi connectivity index (χ3n) is 5.36. The Labute approximate surface area is 150 Å². The van der Waals surface area contributed by atoms with Crippen LogP contribution in [-0.2, 0) is 6.42 Å². The number of aromatic amines is 1. The lowest BCUT2D eigenvalue weighted by molar-refractivity contribution is 0.144. The molecule has 136 valence electrons. The van der Waals surface area contributed by atoms with Crippen molar-refractivity contribution in [2.45, 2.75) is 38.6 Å². The number of urea groups is 1. The monoisotopic (exact) mass is 342 g/mol. The average Bonchev–Trinajstić information content (AvgIpc) is 3.04. The van der Waals surface area contributed by atoms with Crippen molar-refractivity contribution in [2.24, 2.45) is 0 Å². The normalized spacial score (nSPS) is 18.4. The Kier molecular flexibility index (Phi) is 5.97. The van der Waals surface area contributed by atoms with Crippen molar-refractivity contribution in [3.05, 3.63) is 36.0 Å². The molecule has 25 heavy (non-hydrogen) atoms. The SMILES string of the molecule is C[C@@H]1CCCCN1CCN(C)C(=O)NCCc1c[nH]c2ccccc12. The molecular weight excluding hydrogens is 312 g/mol. The van der Waals surface area contributed by atoms with E-state index in [-0.39, 0.29) is 6.03 Å². The van der Waals surface area contributed by atoms with E-state index in [4.69, 9.17) is 0 Å². The van der Waals surface area contributed by atoms with Gasteiger partial charge in [0, 0.05) is 49.8 Å². The number of likely N-dealkylation sites (tertiary alicyclic amines) is 1. The molecule has 1 aliphatic rings. The highest BCUT2D eigenvalue weighted by molar-refractivity contribution is 5.83. The molecule has 1 aliphatic heterocycles. The van der Waals surface area contributed by atoms with Crippen molar-refractivity contribution >= 4 is 16.9 Å². The van der Waals surface area contributed by atoms with Gasteiger partial charge in [-0.05, 0) is 44.4 Å². The van der Waals surface area contributed by atoms with Gasteiger partial charge in [-0.15, -0.1) is 0 Å². The highest BCUT2D eigenvalue weighted by Gasteiger charge is 2.19. The molecule has 3 rings (SSSR count). The lowest BCUT2D eigenvalue weighted by atomic mass is 10.0. The van der Waals surface area contributed by atoms with Gasteiger partial charge in [0.05, 0.1) is 0 Å². The minimum absolute atomic E-state index is 0.0181. The molecule has 2 aromatic rings. The number of amides is 2. The Hall–Kier alpha value is -2.01. The molecule has 1 aromatic heterocycles. The summed E-state index contributed by atoms with van der Waals surface area (Å²) in [6, 6.07) is 8.94. The molecule has 2 N–H and O–H groups in total. The summed E-state index contributed by atoms with van der Waals surface area (Å²) in [6.07, 6.45) is 6.78. The molecule has 0 radical (unpaired) electrons. The van der Waals surface area contributed by atoms with Gasteiger partial charge in [-0.2, -0.15) is 0 Å². The molecule has 0 aliphatic carbocycles. The largest absolute Gasteiger partial charge is 0.361 e. The second kappa shape index (κ2) is 8.39. The molecule has 0 bridgehead atoms. The van der Waals surface area contributed by atoms with E-state index in [2.05, 4.69) is 34.3 Å². The summed E-state index contributed by atoms with van der Waals surface area (Å²) in [5, 5.41) is 4.28. The summed E-state index contributed by atoms with van der Waals surface area (Å²) in [5.41, 5.74) is 2.40. The molecule has 0 unspecified atom stereocenters. The standard InChI is InChI=1S/C20H30N4O/c1-16-7-5-6-12-24(16)14-13-23(2)20(25)21-11-10-17-15-22-19-9-4-3-8-18(17)19/h3-4,8-9,15-16,22H,5-7,10-14H2,1-2H3,(H,21,25)/t16-/m1/s1. The maximum atomic E-state index is 12.3. The molecule has 0 saturated carbocycles. The first-order chi connectivity index (χ1) is 12.1. The summed E-state index contributed by atoms with van der Waals surface area (Å²) >= 11 is 0. The van der Waals surface area contributed by atoms with E-state index >= 15 is 0 Å². The first-order valence-electron chi connectivity index (χ1n) is 9.43. The second-order valence-electron chi connectivity index (χ2n) is 7.14. The van der Waals surface area contributed by atoms with E-state index in [1.54, 1.807) is 4.90 Å². The fraction of sp³-hybridized carbons (Fsp3) is 0.550. The number of piperidine rings is 1. The number of rotatable bonds is 6. The van der Waals surface area contributed by atoms with Crippen molar-refractivity contribution in [1.29, 1.82) is 0 Å². The number of nitrogens with one attached hydrogen (secondary N) is 2. The molecule has 2 amide bonds. The van der Waals surface area contributed by atoms with Crippen LogP contribution in [0.3, 0.4) is 0 Å². The zero-order valence-electron chi connectivity index (χ0n) is 15.4. The Morgan fingerprint density at radius 3 is 3.04 bits per heavy atom. The van der Waals surface area contributed by atoms with Crippen LogP contribution >= 0.6 is 0 Å². The first-order valence-corrected chi connectivity index (χ1v) is 9.43. The minimum atomic E-state index is 0.0181. The van der Waals surface area contributed by atoms with Gasteiger partial charge < -0.3 is 15.2 Å². The van der Waals surface area contributed by atoms with Gasteiger partial charge in [0.25, 0.3) is 0 Å². The first kappa shape index (κ1) is 17.8. The molecule has 1 saturated heterocycles. The highest BCUT2D eigenvalue weighted by atomic mass is 16.2. The van der Waals surface area contributed by atoms with Crippen molar-refractivity contribution < 1.29 is 4.79 Å². The number of fused-ring (bicyclic) bond motifs is 1. The van der Waals surface area contributed by atoms with Crippen LogP contribution in [0.15, 0.2) is 30.5 Å². The van der Waals surface area contributed by atoms with Crippen molar-refractivity contribution in [3.63, 3.8) is 0 Å². The lowest BCUT2D eigenvalue weighted by Gasteiger charge is -2.34. The summed E-state index contributed by atoms with van der Waals surface area (Å²) in [4.78, 5) is 19.9. The molecule has 5 nitrogen and oxygen atoms in total. The maximum absolute atomic E-state index is 12.3. The van der Waals surface area contributed by atoms with Gasteiger partial charge in [-0.1, -0.05) is 24.6 Å². The number of hydrogen-bond donors (Lipinski definition) is 2. The average molecular weight is 342 g/mol. The molecule has 2 heterocycles. The number of likely N-dealkylation sites (N-methyl/N-ethyl adjacent to an activating group) is 1. The third kappa shape index (κ3) is 4.54.